The summed E-state index contributed by atoms with van der Waals surface area (Å²) < 4.78 is 10.6. The molecular weight excluding hydrogens is 430 g/mol. The average Bonchev–Trinajstić information content (AvgIpc) is 3.48. The number of benzene rings is 2. The minimum atomic E-state index is -0.372. The number of H-pyrrole nitrogens is 1. The van der Waals surface area contributed by atoms with Gasteiger partial charge in [0, 0.05) is 30.2 Å². The molecule has 162 valence electrons. The molecule has 3 aromatic rings. The van der Waals surface area contributed by atoms with E-state index in [1.165, 1.54) is 0 Å². The van der Waals surface area contributed by atoms with Gasteiger partial charge < -0.3 is 19.8 Å². The maximum Gasteiger partial charge on any atom is 0.293 e. The van der Waals surface area contributed by atoms with E-state index in [1.54, 1.807) is 24.3 Å². The SMILES string of the molecule is O=C(Cc1c[nH]c2ccccc12)NCCN1C(=O)S/C(=C\c2ccc3c(c2)OCO3)C1=O. The first kappa shape index (κ1) is 20.2. The molecular formula is C23H19N3O5S. The second-order valence-electron chi connectivity index (χ2n) is 7.33. The molecule has 0 atom stereocenters. The van der Waals surface area contributed by atoms with Gasteiger partial charge >= 0.3 is 0 Å². The van der Waals surface area contributed by atoms with Crippen LogP contribution in [0.15, 0.2) is 53.6 Å². The Kier molecular flexibility index (Phi) is 5.32. The molecule has 1 aromatic heterocycles. The molecule has 0 bridgehead atoms. The third-order valence-corrected chi connectivity index (χ3v) is 6.16. The highest BCUT2D eigenvalue weighted by Gasteiger charge is 2.34. The molecule has 0 saturated carbocycles. The Morgan fingerprint density at radius 3 is 2.91 bits per heavy atom. The van der Waals surface area contributed by atoms with Crippen molar-refractivity contribution in [2.24, 2.45) is 0 Å². The van der Waals surface area contributed by atoms with Crippen LogP contribution in [0.4, 0.5) is 4.79 Å². The summed E-state index contributed by atoms with van der Waals surface area (Å²) in [6.45, 7) is 0.473. The number of amides is 3. The van der Waals surface area contributed by atoms with Crippen molar-refractivity contribution < 1.29 is 23.9 Å². The van der Waals surface area contributed by atoms with Crippen LogP contribution < -0.4 is 14.8 Å². The molecule has 32 heavy (non-hydrogen) atoms. The fraction of sp³-hybridized carbons (Fsp3) is 0.174. The first-order chi connectivity index (χ1) is 15.6. The number of carbonyl (C=O) groups excluding carboxylic acids is 3. The fourth-order valence-corrected chi connectivity index (χ4v) is 4.53. The maximum absolute atomic E-state index is 12.7. The van der Waals surface area contributed by atoms with E-state index in [1.807, 2.05) is 30.5 Å². The first-order valence-electron chi connectivity index (χ1n) is 10.1. The standard InChI is InChI=1S/C23H19N3O5S/c27-21(11-15-12-25-17-4-2-1-3-16(15)17)24-7-8-26-22(28)20(32-23(26)29)10-14-5-6-18-19(9-14)31-13-30-18/h1-6,9-10,12,25H,7-8,11,13H2,(H,24,27)/b20-10-. The van der Waals surface area contributed by atoms with Gasteiger partial charge in [0.05, 0.1) is 11.3 Å². The summed E-state index contributed by atoms with van der Waals surface area (Å²) in [4.78, 5) is 42.0. The second kappa shape index (κ2) is 8.43. The molecule has 0 radical (unpaired) electrons. The third kappa shape index (κ3) is 3.94. The van der Waals surface area contributed by atoms with E-state index in [0.29, 0.717) is 16.4 Å². The van der Waals surface area contributed by atoms with E-state index in [-0.39, 0.29) is 43.4 Å². The van der Waals surface area contributed by atoms with Crippen molar-refractivity contribution in [3.05, 3.63) is 64.7 Å². The molecule has 0 spiro atoms. The molecule has 0 aliphatic carbocycles. The van der Waals surface area contributed by atoms with E-state index in [4.69, 9.17) is 9.47 Å². The number of rotatable bonds is 6. The molecule has 1 saturated heterocycles. The molecule has 9 heteroatoms. The lowest BCUT2D eigenvalue weighted by Crippen LogP contribution is -2.37. The number of ether oxygens (including phenoxy) is 2. The number of fused-ring (bicyclic) bond motifs is 2. The lowest BCUT2D eigenvalue weighted by Gasteiger charge is -2.13. The van der Waals surface area contributed by atoms with Crippen molar-refractivity contribution >= 4 is 45.8 Å². The third-order valence-electron chi connectivity index (χ3n) is 5.25. The van der Waals surface area contributed by atoms with Gasteiger partial charge in [0.25, 0.3) is 11.1 Å². The number of hydrogen-bond acceptors (Lipinski definition) is 6. The van der Waals surface area contributed by atoms with Gasteiger partial charge in [0.1, 0.15) is 0 Å². The van der Waals surface area contributed by atoms with Gasteiger partial charge in [-0.05, 0) is 47.2 Å². The average molecular weight is 449 g/mol. The van der Waals surface area contributed by atoms with Crippen molar-refractivity contribution in [1.29, 1.82) is 0 Å². The number of imide groups is 1. The zero-order valence-electron chi connectivity index (χ0n) is 16.9. The van der Waals surface area contributed by atoms with Gasteiger partial charge in [-0.15, -0.1) is 0 Å². The highest BCUT2D eigenvalue weighted by molar-refractivity contribution is 8.18. The van der Waals surface area contributed by atoms with Crippen LogP contribution in [-0.4, -0.2) is 46.8 Å². The number of hydrogen-bond donors (Lipinski definition) is 2. The van der Waals surface area contributed by atoms with E-state index < -0.39 is 0 Å². The topological polar surface area (TPSA) is 101 Å². The van der Waals surface area contributed by atoms with Crippen LogP contribution in [0.3, 0.4) is 0 Å². The number of aromatic amines is 1. The molecule has 3 heterocycles. The van der Waals surface area contributed by atoms with Crippen LogP contribution in [0.25, 0.3) is 17.0 Å². The smallest absolute Gasteiger partial charge is 0.293 e. The summed E-state index contributed by atoms with van der Waals surface area (Å²) in [6, 6.07) is 13.1. The Morgan fingerprint density at radius 2 is 2.00 bits per heavy atom. The van der Waals surface area contributed by atoms with Crippen LogP contribution in [0.1, 0.15) is 11.1 Å². The predicted octanol–water partition coefficient (Wildman–Crippen LogP) is 3.29. The summed E-state index contributed by atoms with van der Waals surface area (Å²) >= 11 is 0.884. The number of nitrogens with zero attached hydrogens (tertiary/aromatic N) is 1. The molecule has 2 N–H and O–H groups in total. The Balaban J connectivity index is 1.17. The molecule has 8 nitrogen and oxygen atoms in total. The van der Waals surface area contributed by atoms with Crippen molar-refractivity contribution in [1.82, 2.24) is 15.2 Å². The largest absolute Gasteiger partial charge is 0.454 e. The maximum atomic E-state index is 12.7. The van der Waals surface area contributed by atoms with Gasteiger partial charge in [-0.3, -0.25) is 19.3 Å². The van der Waals surface area contributed by atoms with E-state index in [2.05, 4.69) is 10.3 Å². The van der Waals surface area contributed by atoms with Crippen LogP contribution >= 0.6 is 11.8 Å². The first-order valence-corrected chi connectivity index (χ1v) is 10.9. The van der Waals surface area contributed by atoms with Crippen LogP contribution in [0, 0.1) is 0 Å². The molecule has 2 aromatic carbocycles. The highest BCUT2D eigenvalue weighted by atomic mass is 32.2. The van der Waals surface area contributed by atoms with Crippen molar-refractivity contribution in [2.75, 3.05) is 19.9 Å². The summed E-state index contributed by atoms with van der Waals surface area (Å²) in [7, 11) is 0. The number of carbonyl (C=O) groups is 3. The van der Waals surface area contributed by atoms with Gasteiger partial charge in [0.15, 0.2) is 11.5 Å². The quantitative estimate of drug-likeness (QED) is 0.560. The minimum Gasteiger partial charge on any atom is -0.454 e. The Labute approximate surface area is 187 Å². The van der Waals surface area contributed by atoms with Crippen LogP contribution in [-0.2, 0) is 16.0 Å². The molecule has 3 amide bonds. The summed E-state index contributed by atoms with van der Waals surface area (Å²) in [5.74, 6) is 0.718. The normalized spacial score (nSPS) is 16.4. The van der Waals surface area contributed by atoms with Crippen molar-refractivity contribution in [3.63, 3.8) is 0 Å². The Morgan fingerprint density at radius 1 is 1.16 bits per heavy atom. The lowest BCUT2D eigenvalue weighted by molar-refractivity contribution is -0.124. The van der Waals surface area contributed by atoms with Gasteiger partial charge in [-0.2, -0.15) is 0 Å². The van der Waals surface area contributed by atoms with Gasteiger partial charge in [-0.1, -0.05) is 24.3 Å². The molecule has 2 aliphatic rings. The number of para-hydroxylation sites is 1. The van der Waals surface area contributed by atoms with E-state index in [0.717, 1.165) is 38.7 Å². The number of thioether (sulfide) groups is 1. The molecule has 2 aliphatic heterocycles. The van der Waals surface area contributed by atoms with Gasteiger partial charge in [-0.25, -0.2) is 0 Å². The van der Waals surface area contributed by atoms with E-state index >= 15 is 0 Å². The van der Waals surface area contributed by atoms with Crippen molar-refractivity contribution in [2.45, 2.75) is 6.42 Å². The van der Waals surface area contributed by atoms with Crippen LogP contribution in [0.2, 0.25) is 0 Å². The molecule has 0 unspecified atom stereocenters. The molecule has 5 rings (SSSR count). The Hall–Kier alpha value is -3.72. The monoisotopic (exact) mass is 449 g/mol. The molecule has 1 fully saturated rings. The fourth-order valence-electron chi connectivity index (χ4n) is 3.67. The summed E-state index contributed by atoms with van der Waals surface area (Å²) in [5.41, 5.74) is 2.62. The highest BCUT2D eigenvalue weighted by Crippen LogP contribution is 2.36. The minimum absolute atomic E-state index is 0.114. The lowest BCUT2D eigenvalue weighted by atomic mass is 10.1. The predicted molar refractivity (Wildman–Crippen MR) is 120 cm³/mol. The zero-order chi connectivity index (χ0) is 22.1. The van der Waals surface area contributed by atoms with Crippen LogP contribution in [0.5, 0.6) is 11.5 Å². The number of nitrogens with one attached hydrogen (secondary N) is 2. The Bertz CT molecular complexity index is 1270. The zero-order valence-corrected chi connectivity index (χ0v) is 17.7. The van der Waals surface area contributed by atoms with Gasteiger partial charge in [0.2, 0.25) is 12.7 Å². The van der Waals surface area contributed by atoms with E-state index in [9.17, 15) is 14.4 Å². The summed E-state index contributed by atoms with van der Waals surface area (Å²) in [5, 5.41) is 3.44. The second-order valence-corrected chi connectivity index (χ2v) is 8.33. The number of aromatic nitrogens is 1. The summed E-state index contributed by atoms with van der Waals surface area (Å²) in [6.07, 6.45) is 3.69. The van der Waals surface area contributed by atoms with Crippen molar-refractivity contribution in [3.8, 4) is 11.5 Å².